The van der Waals surface area contributed by atoms with Crippen LogP contribution in [0.5, 0.6) is 11.5 Å². The highest BCUT2D eigenvalue weighted by Gasteiger charge is 2.13. The zero-order chi connectivity index (χ0) is 21.1. The minimum Gasteiger partial charge on any atom is -0.486 e. The molecule has 0 aliphatic carbocycles. The van der Waals surface area contributed by atoms with Crippen molar-refractivity contribution in [1.82, 2.24) is 20.1 Å². The van der Waals surface area contributed by atoms with Gasteiger partial charge in [0.2, 0.25) is 0 Å². The van der Waals surface area contributed by atoms with Gasteiger partial charge in [-0.2, -0.15) is 5.10 Å². The number of fused-ring (bicyclic) bond motifs is 1. The van der Waals surface area contributed by atoms with Crippen molar-refractivity contribution in [2.45, 2.75) is 20.4 Å². The Morgan fingerprint density at radius 1 is 1.17 bits per heavy atom. The van der Waals surface area contributed by atoms with Gasteiger partial charge in [0.15, 0.2) is 11.5 Å². The molecule has 1 aliphatic heterocycles. The van der Waals surface area contributed by atoms with E-state index >= 15 is 0 Å². The molecule has 0 saturated heterocycles. The van der Waals surface area contributed by atoms with Crippen molar-refractivity contribution in [1.29, 1.82) is 0 Å². The maximum Gasteiger partial charge on any atom is 0.319 e. The lowest BCUT2D eigenvalue weighted by atomic mass is 10.2. The first-order chi connectivity index (χ1) is 14.5. The summed E-state index contributed by atoms with van der Waals surface area (Å²) in [5, 5.41) is 10.8. The Labute approximate surface area is 176 Å². The molecule has 9 nitrogen and oxygen atoms in total. The van der Waals surface area contributed by atoms with Crippen LogP contribution in [0.25, 0.3) is 10.6 Å². The molecule has 0 spiro atoms. The zero-order valence-corrected chi connectivity index (χ0v) is 17.4. The largest absolute Gasteiger partial charge is 0.486 e. The first-order valence-electron chi connectivity index (χ1n) is 9.47. The summed E-state index contributed by atoms with van der Waals surface area (Å²) in [5.74, 6) is 1.25. The summed E-state index contributed by atoms with van der Waals surface area (Å²) >= 11 is 1.53. The number of aromatic nitrogens is 3. The van der Waals surface area contributed by atoms with Crippen LogP contribution in [0.4, 0.5) is 10.5 Å². The van der Waals surface area contributed by atoms with E-state index in [1.54, 1.807) is 24.3 Å². The Morgan fingerprint density at radius 3 is 2.73 bits per heavy atom. The van der Waals surface area contributed by atoms with Gasteiger partial charge in [-0.3, -0.25) is 4.79 Å². The summed E-state index contributed by atoms with van der Waals surface area (Å²) in [7, 11) is 0. The first-order valence-corrected chi connectivity index (χ1v) is 10.3. The van der Waals surface area contributed by atoms with Crippen molar-refractivity contribution in [3.63, 3.8) is 0 Å². The molecule has 0 unspecified atom stereocenters. The average molecular weight is 427 g/mol. The fourth-order valence-electron chi connectivity index (χ4n) is 3.07. The molecule has 30 heavy (non-hydrogen) atoms. The minimum atomic E-state index is -0.384. The second kappa shape index (κ2) is 8.54. The first kappa shape index (κ1) is 19.9. The molecule has 2 N–H and O–H groups in total. The van der Waals surface area contributed by atoms with Crippen LogP contribution >= 0.6 is 11.3 Å². The molecule has 10 heteroatoms. The number of carbonyl (C=O) groups excluding carboxylic acids is 1. The fourth-order valence-corrected chi connectivity index (χ4v) is 3.96. The number of thiazole rings is 1. The summed E-state index contributed by atoms with van der Waals surface area (Å²) in [6, 6.07) is 7.99. The van der Waals surface area contributed by atoms with E-state index < -0.39 is 0 Å². The summed E-state index contributed by atoms with van der Waals surface area (Å²) < 4.78 is 12.3. The Balaban J connectivity index is 1.36. The molecule has 1 aliphatic rings. The van der Waals surface area contributed by atoms with Gasteiger partial charge < -0.3 is 20.1 Å². The maximum atomic E-state index is 12.2. The van der Waals surface area contributed by atoms with Crippen molar-refractivity contribution < 1.29 is 14.3 Å². The van der Waals surface area contributed by atoms with E-state index in [2.05, 4.69) is 20.7 Å². The molecular weight excluding hydrogens is 406 g/mol. The second-order valence-electron chi connectivity index (χ2n) is 6.67. The summed E-state index contributed by atoms with van der Waals surface area (Å²) in [5.41, 5.74) is 1.93. The van der Waals surface area contributed by atoms with E-state index in [1.807, 2.05) is 13.8 Å². The number of anilines is 1. The highest BCUT2D eigenvalue weighted by molar-refractivity contribution is 7.15. The van der Waals surface area contributed by atoms with Gasteiger partial charge in [0, 0.05) is 24.4 Å². The average Bonchev–Trinajstić information content (AvgIpc) is 3.07. The molecule has 3 aromatic rings. The molecule has 2 aromatic heterocycles. The predicted octanol–water partition coefficient (Wildman–Crippen LogP) is 2.58. The van der Waals surface area contributed by atoms with Gasteiger partial charge in [-0.25, -0.2) is 14.5 Å². The van der Waals surface area contributed by atoms with Crippen LogP contribution in [0.1, 0.15) is 10.7 Å². The molecule has 1 aromatic carbocycles. The Morgan fingerprint density at radius 2 is 1.97 bits per heavy atom. The van der Waals surface area contributed by atoms with Gasteiger partial charge in [-0.05, 0) is 32.0 Å². The number of urea groups is 1. The van der Waals surface area contributed by atoms with E-state index in [1.165, 1.54) is 22.1 Å². The maximum absolute atomic E-state index is 12.2. The van der Waals surface area contributed by atoms with E-state index in [-0.39, 0.29) is 24.7 Å². The molecule has 0 fully saturated rings. The molecule has 0 saturated carbocycles. The fraction of sp³-hybridized carbons (Fsp3) is 0.300. The van der Waals surface area contributed by atoms with Crippen molar-refractivity contribution in [2.75, 3.05) is 25.1 Å². The standard InChI is InChI=1S/C20H21N5O4S/c1-12-19(30-13(2)22-12)15-4-6-18(26)25(24-15)8-7-21-20(27)23-14-3-5-16-17(11-14)29-10-9-28-16/h3-6,11H,7-10H2,1-2H3,(H2,21,23,27). The molecular formula is C20H21N5O4S. The van der Waals surface area contributed by atoms with Gasteiger partial charge in [-0.1, -0.05) is 0 Å². The third kappa shape index (κ3) is 4.43. The molecule has 0 radical (unpaired) electrons. The van der Waals surface area contributed by atoms with Crippen LogP contribution in [-0.4, -0.2) is 40.6 Å². The number of ether oxygens (including phenoxy) is 2. The highest BCUT2D eigenvalue weighted by Crippen LogP contribution is 2.32. The minimum absolute atomic E-state index is 0.230. The van der Waals surface area contributed by atoms with Crippen LogP contribution < -0.4 is 25.7 Å². The Kier molecular flexibility index (Phi) is 5.66. The number of carbonyl (C=O) groups is 1. The number of hydrogen-bond acceptors (Lipinski definition) is 7. The van der Waals surface area contributed by atoms with Gasteiger partial charge >= 0.3 is 6.03 Å². The van der Waals surface area contributed by atoms with E-state index in [0.29, 0.717) is 36.1 Å². The van der Waals surface area contributed by atoms with Crippen LogP contribution in [0.2, 0.25) is 0 Å². The summed E-state index contributed by atoms with van der Waals surface area (Å²) in [6.07, 6.45) is 0. The summed E-state index contributed by atoms with van der Waals surface area (Å²) in [4.78, 5) is 29.6. The highest BCUT2D eigenvalue weighted by atomic mass is 32.1. The number of aryl methyl sites for hydroxylation is 2. The van der Waals surface area contributed by atoms with Crippen molar-refractivity contribution in [2.24, 2.45) is 0 Å². The smallest absolute Gasteiger partial charge is 0.319 e. The topological polar surface area (TPSA) is 107 Å². The molecule has 3 heterocycles. The second-order valence-corrected chi connectivity index (χ2v) is 7.87. The number of nitrogens with zero attached hydrogens (tertiary/aromatic N) is 3. The number of nitrogens with one attached hydrogen (secondary N) is 2. The number of hydrogen-bond donors (Lipinski definition) is 2. The lowest BCUT2D eigenvalue weighted by molar-refractivity contribution is 0.171. The molecule has 0 bridgehead atoms. The van der Waals surface area contributed by atoms with Crippen molar-refractivity contribution >= 4 is 23.1 Å². The van der Waals surface area contributed by atoms with Gasteiger partial charge in [0.05, 0.1) is 22.1 Å². The zero-order valence-electron chi connectivity index (χ0n) is 16.6. The molecule has 156 valence electrons. The Hall–Kier alpha value is -3.40. The Bertz CT molecular complexity index is 1140. The van der Waals surface area contributed by atoms with Crippen molar-refractivity contribution in [3.8, 4) is 22.1 Å². The van der Waals surface area contributed by atoms with Crippen LogP contribution in [0.3, 0.4) is 0 Å². The van der Waals surface area contributed by atoms with E-state index in [4.69, 9.17) is 9.47 Å². The normalized spacial score (nSPS) is 12.5. The number of amides is 2. The lowest BCUT2D eigenvalue weighted by Gasteiger charge is -2.19. The molecule has 2 amide bonds. The molecule has 0 atom stereocenters. The quantitative estimate of drug-likeness (QED) is 0.648. The number of benzene rings is 1. The third-order valence-corrected chi connectivity index (χ3v) is 5.51. The third-order valence-electron chi connectivity index (χ3n) is 4.41. The van der Waals surface area contributed by atoms with Crippen LogP contribution in [0, 0.1) is 13.8 Å². The summed E-state index contributed by atoms with van der Waals surface area (Å²) in [6.45, 7) is 5.33. The molecule has 4 rings (SSSR count). The van der Waals surface area contributed by atoms with Crippen LogP contribution in [0.15, 0.2) is 35.1 Å². The van der Waals surface area contributed by atoms with E-state index in [9.17, 15) is 9.59 Å². The van der Waals surface area contributed by atoms with Gasteiger partial charge in [-0.15, -0.1) is 11.3 Å². The van der Waals surface area contributed by atoms with Gasteiger partial charge in [0.1, 0.15) is 18.9 Å². The predicted molar refractivity (Wildman–Crippen MR) is 114 cm³/mol. The van der Waals surface area contributed by atoms with E-state index in [0.717, 1.165) is 15.6 Å². The lowest BCUT2D eigenvalue weighted by Crippen LogP contribution is -2.34. The van der Waals surface area contributed by atoms with Crippen LogP contribution in [-0.2, 0) is 6.54 Å². The monoisotopic (exact) mass is 427 g/mol. The van der Waals surface area contributed by atoms with Gasteiger partial charge in [0.25, 0.3) is 5.56 Å². The number of rotatable bonds is 5. The van der Waals surface area contributed by atoms with Crippen molar-refractivity contribution in [3.05, 3.63) is 51.4 Å². The SMILES string of the molecule is Cc1nc(C)c(-c2ccc(=O)n(CCNC(=O)Nc3ccc4c(c3)OCCO4)n2)s1.